The van der Waals surface area contributed by atoms with E-state index in [2.05, 4.69) is 25.0 Å². The molecule has 23 heavy (non-hydrogen) atoms. The zero-order valence-electron chi connectivity index (χ0n) is 15.3. The van der Waals surface area contributed by atoms with Gasteiger partial charge in [-0.05, 0) is 26.8 Å². The topological polar surface area (TPSA) is 86.3 Å². The third-order valence-electron chi connectivity index (χ3n) is 2.61. The van der Waals surface area contributed by atoms with Gasteiger partial charge in [0.2, 0.25) is 0 Å². The first kappa shape index (κ1) is 22.4. The Balaban J connectivity index is 4.03. The Hall–Kier alpha value is -0.608. The summed E-state index contributed by atoms with van der Waals surface area (Å²) in [4.78, 5) is 11.7. The molecule has 0 aromatic carbocycles. The van der Waals surface area contributed by atoms with E-state index in [0.717, 1.165) is 6.04 Å². The molecule has 0 bridgehead atoms. The van der Waals surface area contributed by atoms with Crippen molar-refractivity contribution in [2.24, 2.45) is 0 Å². The minimum absolute atomic E-state index is 0.130. The first-order valence-corrected chi connectivity index (χ1v) is 11.6. The molecule has 136 valence electrons. The number of hydrogen-bond donors (Lipinski definition) is 2. The first-order chi connectivity index (χ1) is 10.5. The van der Waals surface area contributed by atoms with Gasteiger partial charge in [-0.2, -0.15) is 0 Å². The van der Waals surface area contributed by atoms with E-state index < -0.39 is 33.5 Å². The minimum Gasteiger partial charge on any atom is -0.444 e. The Morgan fingerprint density at radius 1 is 1.22 bits per heavy atom. The third-order valence-corrected chi connectivity index (χ3v) is 4.32. The molecule has 0 aliphatic heterocycles. The Kier molecular flexibility index (Phi) is 10.7. The van der Waals surface area contributed by atoms with Crippen molar-refractivity contribution in [3.8, 4) is 0 Å². The summed E-state index contributed by atoms with van der Waals surface area (Å²) in [5.74, 6) is 0. The number of ether oxygens (including phenoxy) is 3. The van der Waals surface area contributed by atoms with E-state index in [0.29, 0.717) is 6.61 Å². The maximum Gasteiger partial charge on any atom is 0.435 e. The highest BCUT2D eigenvalue weighted by Crippen LogP contribution is 2.08. The second-order valence-electron chi connectivity index (χ2n) is 7.55. The van der Waals surface area contributed by atoms with E-state index in [1.807, 2.05) is 0 Å². The Bertz CT molecular complexity index is 332. The van der Waals surface area contributed by atoms with Crippen molar-refractivity contribution in [3.05, 3.63) is 0 Å². The normalized spacial score (nSPS) is 13.5. The van der Waals surface area contributed by atoms with Gasteiger partial charge in [-0.15, -0.1) is 0 Å². The molecule has 0 aliphatic rings. The number of alkyl carbamates (subject to hydrolysis) is 1. The first-order valence-electron chi connectivity index (χ1n) is 7.87. The van der Waals surface area contributed by atoms with Crippen LogP contribution < -0.4 is 5.32 Å². The Labute approximate surface area is 141 Å². The van der Waals surface area contributed by atoms with Crippen LogP contribution in [0.2, 0.25) is 25.7 Å². The van der Waals surface area contributed by atoms with Crippen molar-refractivity contribution in [1.29, 1.82) is 0 Å². The highest BCUT2D eigenvalue weighted by molar-refractivity contribution is 6.76. The molecule has 1 amide bonds. The second-order valence-corrected chi connectivity index (χ2v) is 13.2. The number of rotatable bonds is 11. The van der Waals surface area contributed by atoms with Crippen LogP contribution in [-0.4, -0.2) is 65.1 Å². The minimum atomic E-state index is -1.10. The second kappa shape index (κ2) is 11.0. The average Bonchev–Trinajstić information content (AvgIpc) is 2.36. The summed E-state index contributed by atoms with van der Waals surface area (Å²) < 4.78 is 20.9. The molecule has 0 aromatic heterocycles. The molecule has 7 nitrogen and oxygen atoms in total. The SMILES string of the molecule is CC(C)(C)OC(=O)N[C@@H](COBO)COCOCC[Si](C)(C)C. The molecule has 0 unspecified atom stereocenters. The third kappa shape index (κ3) is 16.0. The van der Waals surface area contributed by atoms with Gasteiger partial charge in [-0.25, -0.2) is 4.79 Å². The molecular weight excluding hydrogens is 317 g/mol. The maximum atomic E-state index is 11.7. The van der Waals surface area contributed by atoms with Gasteiger partial charge in [-0.1, -0.05) is 19.6 Å². The molecule has 0 radical (unpaired) electrons. The number of nitrogens with one attached hydrogen (secondary N) is 1. The van der Waals surface area contributed by atoms with Gasteiger partial charge in [0.05, 0.1) is 19.3 Å². The predicted molar refractivity (Wildman–Crippen MR) is 93.4 cm³/mol. The van der Waals surface area contributed by atoms with Crippen LogP contribution >= 0.6 is 0 Å². The van der Waals surface area contributed by atoms with Gasteiger partial charge in [-0.3, -0.25) is 0 Å². The number of hydrogen-bond acceptors (Lipinski definition) is 6. The van der Waals surface area contributed by atoms with Gasteiger partial charge in [0.15, 0.2) is 0 Å². The molecule has 0 saturated carbocycles. The molecule has 1 atom stereocenters. The fourth-order valence-electron chi connectivity index (χ4n) is 1.49. The summed E-state index contributed by atoms with van der Waals surface area (Å²) in [5, 5.41) is 11.4. The average molecular weight is 349 g/mol. The van der Waals surface area contributed by atoms with Crippen LogP contribution in [0.4, 0.5) is 4.79 Å². The highest BCUT2D eigenvalue weighted by Gasteiger charge is 2.20. The van der Waals surface area contributed by atoms with Gasteiger partial charge < -0.3 is 29.2 Å². The lowest BCUT2D eigenvalue weighted by molar-refractivity contribution is -0.0592. The smallest absolute Gasteiger partial charge is 0.435 e. The number of amides is 1. The van der Waals surface area contributed by atoms with Crippen molar-refractivity contribution >= 4 is 21.9 Å². The van der Waals surface area contributed by atoms with Crippen LogP contribution in [0.3, 0.4) is 0 Å². The van der Waals surface area contributed by atoms with E-state index in [1.54, 1.807) is 20.8 Å². The fourth-order valence-corrected chi connectivity index (χ4v) is 2.24. The van der Waals surface area contributed by atoms with Gasteiger partial charge >= 0.3 is 13.8 Å². The van der Waals surface area contributed by atoms with Crippen molar-refractivity contribution < 1.29 is 28.7 Å². The molecule has 0 rings (SSSR count). The summed E-state index contributed by atoms with van der Waals surface area (Å²) in [5.41, 5.74) is -0.576. The molecule has 0 aliphatic carbocycles. The summed E-state index contributed by atoms with van der Waals surface area (Å²) in [6.45, 7) is 13.4. The fraction of sp³-hybridized carbons (Fsp3) is 0.929. The van der Waals surface area contributed by atoms with Crippen LogP contribution in [0.1, 0.15) is 20.8 Å². The standard InChI is InChI=1S/C14H32BNO6Si/c1-14(2,3)22-13(17)16-12(10-21-15-18)9-20-11-19-7-8-23(4,5)6/h12,15,18H,7-11H2,1-6H3,(H,16,17)/t12-/m1/s1. The van der Waals surface area contributed by atoms with Crippen LogP contribution in [0.15, 0.2) is 0 Å². The Morgan fingerprint density at radius 3 is 2.39 bits per heavy atom. The van der Waals surface area contributed by atoms with Crippen LogP contribution in [0.5, 0.6) is 0 Å². The zero-order chi connectivity index (χ0) is 17.9. The summed E-state index contributed by atoms with van der Waals surface area (Å²) in [6.07, 6.45) is -0.549. The monoisotopic (exact) mass is 349 g/mol. The van der Waals surface area contributed by atoms with Crippen LogP contribution in [-0.2, 0) is 18.9 Å². The van der Waals surface area contributed by atoms with E-state index in [-0.39, 0.29) is 20.0 Å². The largest absolute Gasteiger partial charge is 0.444 e. The molecular formula is C14H32BNO6Si. The highest BCUT2D eigenvalue weighted by atomic mass is 28.3. The lowest BCUT2D eigenvalue weighted by Crippen LogP contribution is -2.44. The van der Waals surface area contributed by atoms with Crippen molar-refractivity contribution in [3.63, 3.8) is 0 Å². The molecule has 9 heteroatoms. The zero-order valence-corrected chi connectivity index (χ0v) is 16.3. The lowest BCUT2D eigenvalue weighted by atomic mass is 10.2. The molecule has 0 heterocycles. The predicted octanol–water partition coefficient (Wildman–Crippen LogP) is 1.48. The lowest BCUT2D eigenvalue weighted by Gasteiger charge is -2.23. The quantitative estimate of drug-likeness (QED) is 0.334. The maximum absolute atomic E-state index is 11.7. The van der Waals surface area contributed by atoms with Crippen molar-refractivity contribution in [2.45, 2.75) is 58.1 Å². The number of carbonyl (C=O) groups is 1. The molecule has 0 aromatic rings. The van der Waals surface area contributed by atoms with Gasteiger partial charge in [0.1, 0.15) is 12.4 Å². The van der Waals surface area contributed by atoms with E-state index >= 15 is 0 Å². The molecule has 2 N–H and O–H groups in total. The van der Waals surface area contributed by atoms with Gasteiger partial charge in [0.25, 0.3) is 0 Å². The molecule has 0 saturated heterocycles. The summed E-state index contributed by atoms with van der Waals surface area (Å²) in [6, 6.07) is 0.654. The summed E-state index contributed by atoms with van der Waals surface area (Å²) in [7, 11) is -1.52. The summed E-state index contributed by atoms with van der Waals surface area (Å²) >= 11 is 0. The van der Waals surface area contributed by atoms with E-state index in [1.165, 1.54) is 0 Å². The van der Waals surface area contributed by atoms with E-state index in [9.17, 15) is 4.79 Å². The Morgan fingerprint density at radius 2 is 1.87 bits per heavy atom. The molecule has 0 fully saturated rings. The van der Waals surface area contributed by atoms with E-state index in [4.69, 9.17) is 23.9 Å². The van der Waals surface area contributed by atoms with Gasteiger partial charge in [0, 0.05) is 14.7 Å². The molecule has 0 spiro atoms. The van der Waals surface area contributed by atoms with Crippen LogP contribution in [0, 0.1) is 0 Å². The van der Waals surface area contributed by atoms with Crippen LogP contribution in [0.25, 0.3) is 0 Å². The van der Waals surface area contributed by atoms with Crippen molar-refractivity contribution in [2.75, 3.05) is 26.6 Å². The van der Waals surface area contributed by atoms with Crippen molar-refractivity contribution in [1.82, 2.24) is 5.32 Å². The number of carbonyl (C=O) groups excluding carboxylic acids is 1.